The van der Waals surface area contributed by atoms with Gasteiger partial charge in [0.15, 0.2) is 0 Å². The minimum atomic E-state index is 0.0127. The molecular formula is C10H22O. The van der Waals surface area contributed by atoms with E-state index in [2.05, 4.69) is 20.8 Å². The molecule has 1 heteroatoms. The average molecular weight is 158 g/mol. The van der Waals surface area contributed by atoms with E-state index in [4.69, 9.17) is 5.11 Å². The van der Waals surface area contributed by atoms with Crippen molar-refractivity contribution in [3.8, 4) is 0 Å². The Morgan fingerprint density at radius 3 is 2.09 bits per heavy atom. The van der Waals surface area contributed by atoms with E-state index < -0.39 is 0 Å². The zero-order valence-corrected chi connectivity index (χ0v) is 8.14. The molecule has 11 heavy (non-hydrogen) atoms. The molecule has 1 N–H and O–H groups in total. The van der Waals surface area contributed by atoms with Crippen molar-refractivity contribution in [2.75, 3.05) is 0 Å². The van der Waals surface area contributed by atoms with Crippen LogP contribution in [-0.4, -0.2) is 11.2 Å². The molecule has 1 rings (SSSR count). The summed E-state index contributed by atoms with van der Waals surface area (Å²) in [5.74, 6) is 0.763. The summed E-state index contributed by atoms with van der Waals surface area (Å²) in [6.07, 6.45) is 5.86. The van der Waals surface area contributed by atoms with Crippen LogP contribution in [0.5, 0.6) is 0 Å². The van der Waals surface area contributed by atoms with Crippen molar-refractivity contribution in [2.45, 2.75) is 59.0 Å². The zero-order valence-electron chi connectivity index (χ0n) is 8.14. The summed E-state index contributed by atoms with van der Waals surface area (Å²) in [6, 6.07) is 0. The summed E-state index contributed by atoms with van der Waals surface area (Å²) in [5.41, 5.74) is 0. The molecule has 0 bridgehead atoms. The van der Waals surface area contributed by atoms with Crippen molar-refractivity contribution in [2.24, 2.45) is 5.92 Å². The first-order valence-corrected chi connectivity index (χ1v) is 4.88. The standard InChI is InChI=1S/C7H14O.C3H8/c1-6-3-2-4-7(8)5-6;1-3-2/h6-8H,2-5H2,1H3;3H2,1-2H3/t6-,7+;/m1./s1. The van der Waals surface area contributed by atoms with Crippen molar-refractivity contribution < 1.29 is 5.11 Å². The van der Waals surface area contributed by atoms with E-state index in [1.54, 1.807) is 0 Å². The Labute approximate surface area is 70.8 Å². The summed E-state index contributed by atoms with van der Waals surface area (Å²) in [5, 5.41) is 9.08. The lowest BCUT2D eigenvalue weighted by atomic mass is 9.89. The van der Waals surface area contributed by atoms with Crippen LogP contribution in [0.25, 0.3) is 0 Å². The largest absolute Gasteiger partial charge is 0.393 e. The fourth-order valence-corrected chi connectivity index (χ4v) is 1.40. The van der Waals surface area contributed by atoms with Crippen LogP contribution in [0.15, 0.2) is 0 Å². The van der Waals surface area contributed by atoms with Crippen LogP contribution in [0.3, 0.4) is 0 Å². The van der Waals surface area contributed by atoms with Crippen LogP contribution in [0.1, 0.15) is 52.9 Å². The molecule has 0 aromatic heterocycles. The van der Waals surface area contributed by atoms with Gasteiger partial charge in [0.2, 0.25) is 0 Å². The number of rotatable bonds is 0. The van der Waals surface area contributed by atoms with E-state index in [1.165, 1.54) is 19.3 Å². The van der Waals surface area contributed by atoms with Crippen LogP contribution in [0, 0.1) is 5.92 Å². The van der Waals surface area contributed by atoms with Gasteiger partial charge in [-0.2, -0.15) is 0 Å². The lowest BCUT2D eigenvalue weighted by Gasteiger charge is -2.21. The van der Waals surface area contributed by atoms with E-state index >= 15 is 0 Å². The molecule has 0 radical (unpaired) electrons. The number of aliphatic hydroxyl groups excluding tert-OH is 1. The molecule has 0 aromatic rings. The molecule has 0 unspecified atom stereocenters. The third-order valence-electron chi connectivity index (χ3n) is 1.91. The summed E-state index contributed by atoms with van der Waals surface area (Å²) >= 11 is 0. The lowest BCUT2D eigenvalue weighted by Crippen LogP contribution is -2.16. The third-order valence-corrected chi connectivity index (χ3v) is 1.91. The second-order valence-electron chi connectivity index (χ2n) is 3.63. The van der Waals surface area contributed by atoms with Gasteiger partial charge in [0.1, 0.15) is 0 Å². The lowest BCUT2D eigenvalue weighted by molar-refractivity contribution is 0.106. The monoisotopic (exact) mass is 158 g/mol. The van der Waals surface area contributed by atoms with Gasteiger partial charge in [-0.25, -0.2) is 0 Å². The van der Waals surface area contributed by atoms with Gasteiger partial charge in [0, 0.05) is 0 Å². The fraction of sp³-hybridized carbons (Fsp3) is 1.00. The molecule has 0 amide bonds. The van der Waals surface area contributed by atoms with Crippen molar-refractivity contribution in [3.63, 3.8) is 0 Å². The minimum Gasteiger partial charge on any atom is -0.393 e. The van der Waals surface area contributed by atoms with Crippen molar-refractivity contribution >= 4 is 0 Å². The second kappa shape index (κ2) is 6.66. The van der Waals surface area contributed by atoms with E-state index in [0.717, 1.165) is 18.8 Å². The Hall–Kier alpha value is -0.0400. The predicted molar refractivity (Wildman–Crippen MR) is 49.6 cm³/mol. The van der Waals surface area contributed by atoms with Crippen molar-refractivity contribution in [3.05, 3.63) is 0 Å². The van der Waals surface area contributed by atoms with Gasteiger partial charge in [-0.15, -0.1) is 0 Å². The first kappa shape index (κ1) is 11.0. The Morgan fingerprint density at radius 2 is 1.82 bits per heavy atom. The molecule has 1 aliphatic carbocycles. The number of hydrogen-bond acceptors (Lipinski definition) is 1. The average Bonchev–Trinajstić information content (AvgIpc) is 1.88. The van der Waals surface area contributed by atoms with Crippen LogP contribution in [0.4, 0.5) is 0 Å². The molecule has 1 saturated carbocycles. The number of hydrogen-bond donors (Lipinski definition) is 1. The van der Waals surface area contributed by atoms with Gasteiger partial charge < -0.3 is 5.11 Å². The first-order chi connectivity index (χ1) is 5.20. The third kappa shape index (κ3) is 6.36. The maximum Gasteiger partial charge on any atom is 0.0542 e. The van der Waals surface area contributed by atoms with E-state index in [0.29, 0.717) is 0 Å². The van der Waals surface area contributed by atoms with Gasteiger partial charge in [0.25, 0.3) is 0 Å². The van der Waals surface area contributed by atoms with Gasteiger partial charge >= 0.3 is 0 Å². The van der Waals surface area contributed by atoms with Gasteiger partial charge in [-0.3, -0.25) is 0 Å². The maximum atomic E-state index is 9.08. The van der Waals surface area contributed by atoms with Gasteiger partial charge in [-0.1, -0.05) is 40.0 Å². The molecule has 0 heterocycles. The van der Waals surface area contributed by atoms with E-state index in [1.807, 2.05) is 0 Å². The first-order valence-electron chi connectivity index (χ1n) is 4.88. The second-order valence-corrected chi connectivity index (χ2v) is 3.63. The molecule has 68 valence electrons. The highest BCUT2D eigenvalue weighted by Crippen LogP contribution is 2.22. The minimum absolute atomic E-state index is 0.0127. The Morgan fingerprint density at radius 1 is 1.27 bits per heavy atom. The highest BCUT2D eigenvalue weighted by atomic mass is 16.3. The van der Waals surface area contributed by atoms with Crippen LogP contribution < -0.4 is 0 Å². The summed E-state index contributed by atoms with van der Waals surface area (Å²) in [7, 11) is 0. The molecule has 0 aliphatic heterocycles. The van der Waals surface area contributed by atoms with Crippen molar-refractivity contribution in [1.82, 2.24) is 0 Å². The summed E-state index contributed by atoms with van der Waals surface area (Å²) < 4.78 is 0. The maximum absolute atomic E-state index is 9.08. The van der Waals surface area contributed by atoms with E-state index in [-0.39, 0.29) is 6.10 Å². The molecule has 1 aliphatic rings. The van der Waals surface area contributed by atoms with Crippen LogP contribution in [-0.2, 0) is 0 Å². The zero-order chi connectivity index (χ0) is 8.69. The molecular weight excluding hydrogens is 136 g/mol. The highest BCUT2D eigenvalue weighted by Gasteiger charge is 2.15. The molecule has 0 saturated heterocycles. The summed E-state index contributed by atoms with van der Waals surface area (Å²) in [6.45, 7) is 6.46. The molecule has 2 atom stereocenters. The topological polar surface area (TPSA) is 20.2 Å². The molecule has 1 nitrogen and oxygen atoms in total. The SMILES string of the molecule is CCC.C[C@@H]1CCC[C@H](O)C1. The number of aliphatic hydroxyl groups is 1. The molecule has 0 spiro atoms. The Bertz CT molecular complexity index is 72.9. The predicted octanol–water partition coefficient (Wildman–Crippen LogP) is 2.97. The Balaban J connectivity index is 0.000000292. The summed E-state index contributed by atoms with van der Waals surface area (Å²) in [4.78, 5) is 0. The van der Waals surface area contributed by atoms with Crippen LogP contribution in [0.2, 0.25) is 0 Å². The Kier molecular flexibility index (Phi) is 6.63. The fourth-order valence-electron chi connectivity index (χ4n) is 1.40. The quantitative estimate of drug-likeness (QED) is 0.574. The van der Waals surface area contributed by atoms with Gasteiger partial charge in [0.05, 0.1) is 6.10 Å². The normalized spacial score (nSPS) is 30.5. The van der Waals surface area contributed by atoms with Crippen molar-refractivity contribution in [1.29, 1.82) is 0 Å². The molecule has 1 fully saturated rings. The van der Waals surface area contributed by atoms with Gasteiger partial charge in [-0.05, 0) is 18.8 Å². The highest BCUT2D eigenvalue weighted by molar-refractivity contribution is 4.67. The van der Waals surface area contributed by atoms with E-state index in [9.17, 15) is 0 Å². The van der Waals surface area contributed by atoms with Crippen LogP contribution >= 0.6 is 0 Å². The smallest absolute Gasteiger partial charge is 0.0542 e. The molecule has 0 aromatic carbocycles.